The second-order valence-corrected chi connectivity index (χ2v) is 6.35. The van der Waals surface area contributed by atoms with Crippen molar-refractivity contribution >= 4 is 23.6 Å². The zero-order valence-corrected chi connectivity index (χ0v) is 15.2. The van der Waals surface area contributed by atoms with Gasteiger partial charge in [0.1, 0.15) is 6.10 Å². The number of rotatable bonds is 5. The van der Waals surface area contributed by atoms with E-state index in [-0.39, 0.29) is 18.0 Å². The molecule has 7 heteroatoms. The highest BCUT2D eigenvalue weighted by atomic mass is 35.5. The van der Waals surface area contributed by atoms with Crippen LogP contribution in [0.2, 0.25) is 5.02 Å². The van der Waals surface area contributed by atoms with Crippen molar-refractivity contribution in [3.05, 3.63) is 53.2 Å². The van der Waals surface area contributed by atoms with Gasteiger partial charge in [-0.25, -0.2) is 4.98 Å². The van der Waals surface area contributed by atoms with Crippen molar-refractivity contribution in [2.24, 2.45) is 0 Å². The van der Waals surface area contributed by atoms with Crippen LogP contribution in [0.3, 0.4) is 0 Å². The van der Waals surface area contributed by atoms with Crippen molar-refractivity contribution in [1.29, 1.82) is 0 Å². The lowest BCUT2D eigenvalue weighted by molar-refractivity contribution is -0.127. The predicted molar refractivity (Wildman–Crippen MR) is 99.3 cm³/mol. The fourth-order valence-corrected chi connectivity index (χ4v) is 2.83. The standard InChI is InChI=1S/C19H20ClN3O3/c1-25-19-21-11-8-17(22-19)26-16-9-12-23(13-10-16)18(24)7-4-14-2-5-15(20)6-3-14/h2-8,11,16H,9-10,12-13H2,1H3/b7-4+. The Morgan fingerprint density at radius 3 is 2.65 bits per heavy atom. The number of hydrogen-bond donors (Lipinski definition) is 0. The first-order chi connectivity index (χ1) is 12.6. The number of aromatic nitrogens is 2. The molecule has 1 aliphatic rings. The van der Waals surface area contributed by atoms with Crippen LogP contribution in [0.4, 0.5) is 0 Å². The minimum absolute atomic E-state index is 0.00195. The Bertz CT molecular complexity index is 772. The minimum Gasteiger partial charge on any atom is -0.474 e. The Hall–Kier alpha value is -2.60. The third kappa shape index (κ3) is 4.95. The topological polar surface area (TPSA) is 64.6 Å². The van der Waals surface area contributed by atoms with E-state index in [4.69, 9.17) is 21.1 Å². The minimum atomic E-state index is 0.00195. The van der Waals surface area contributed by atoms with Crippen LogP contribution >= 0.6 is 11.6 Å². The van der Waals surface area contributed by atoms with Gasteiger partial charge in [-0.1, -0.05) is 23.7 Å². The van der Waals surface area contributed by atoms with E-state index >= 15 is 0 Å². The van der Waals surface area contributed by atoms with E-state index in [0.717, 1.165) is 18.4 Å². The zero-order chi connectivity index (χ0) is 18.4. The van der Waals surface area contributed by atoms with Crippen LogP contribution in [0.15, 0.2) is 42.6 Å². The van der Waals surface area contributed by atoms with Crippen molar-refractivity contribution in [3.8, 4) is 11.9 Å². The molecular weight excluding hydrogens is 354 g/mol. The summed E-state index contributed by atoms with van der Waals surface area (Å²) in [4.78, 5) is 22.3. The molecule has 2 heterocycles. The molecule has 0 radical (unpaired) electrons. The van der Waals surface area contributed by atoms with Crippen molar-refractivity contribution in [3.63, 3.8) is 0 Å². The smallest absolute Gasteiger partial charge is 0.319 e. The summed E-state index contributed by atoms with van der Waals surface area (Å²) in [7, 11) is 1.51. The summed E-state index contributed by atoms with van der Waals surface area (Å²) in [5, 5.41) is 0.678. The fourth-order valence-electron chi connectivity index (χ4n) is 2.70. The zero-order valence-electron chi connectivity index (χ0n) is 14.5. The monoisotopic (exact) mass is 373 g/mol. The molecular formula is C19H20ClN3O3. The molecule has 1 aliphatic heterocycles. The van der Waals surface area contributed by atoms with Gasteiger partial charge in [-0.05, 0) is 23.8 Å². The quantitative estimate of drug-likeness (QED) is 0.753. The Morgan fingerprint density at radius 2 is 1.96 bits per heavy atom. The van der Waals surface area contributed by atoms with Gasteiger partial charge in [0.25, 0.3) is 0 Å². The van der Waals surface area contributed by atoms with E-state index in [1.807, 2.05) is 17.0 Å². The van der Waals surface area contributed by atoms with Crippen LogP contribution in [0.1, 0.15) is 18.4 Å². The average Bonchev–Trinajstić information content (AvgIpc) is 2.68. The molecule has 1 saturated heterocycles. The number of amides is 1. The highest BCUT2D eigenvalue weighted by Crippen LogP contribution is 2.19. The number of carbonyl (C=O) groups is 1. The molecule has 1 fully saturated rings. The summed E-state index contributed by atoms with van der Waals surface area (Å²) in [6.07, 6.45) is 6.54. The summed E-state index contributed by atoms with van der Waals surface area (Å²) in [6, 6.07) is 9.34. The molecule has 3 rings (SSSR count). The lowest BCUT2D eigenvalue weighted by Gasteiger charge is -2.31. The van der Waals surface area contributed by atoms with E-state index < -0.39 is 0 Å². The van der Waals surface area contributed by atoms with Gasteiger partial charge in [0, 0.05) is 49.3 Å². The Labute approximate surface area is 157 Å². The van der Waals surface area contributed by atoms with Crippen molar-refractivity contribution in [2.45, 2.75) is 18.9 Å². The van der Waals surface area contributed by atoms with Crippen LogP contribution < -0.4 is 9.47 Å². The van der Waals surface area contributed by atoms with Gasteiger partial charge in [-0.3, -0.25) is 4.79 Å². The van der Waals surface area contributed by atoms with Gasteiger partial charge in [0.15, 0.2) is 0 Å². The van der Waals surface area contributed by atoms with E-state index in [0.29, 0.717) is 24.0 Å². The Morgan fingerprint density at radius 1 is 1.23 bits per heavy atom. The Kier molecular flexibility index (Phi) is 6.07. The van der Waals surface area contributed by atoms with Crippen LogP contribution in [-0.4, -0.2) is 47.1 Å². The van der Waals surface area contributed by atoms with Gasteiger partial charge in [0.2, 0.25) is 11.8 Å². The van der Waals surface area contributed by atoms with E-state index in [1.54, 1.807) is 36.5 Å². The summed E-state index contributed by atoms with van der Waals surface area (Å²) < 4.78 is 10.9. The van der Waals surface area contributed by atoms with Gasteiger partial charge in [-0.15, -0.1) is 0 Å². The first-order valence-corrected chi connectivity index (χ1v) is 8.78. The maximum atomic E-state index is 12.3. The van der Waals surface area contributed by atoms with Gasteiger partial charge < -0.3 is 14.4 Å². The molecule has 0 atom stereocenters. The van der Waals surface area contributed by atoms with Crippen LogP contribution in [0.5, 0.6) is 11.9 Å². The number of halogens is 1. The number of methoxy groups -OCH3 is 1. The predicted octanol–water partition coefficient (Wildman–Crippen LogP) is 3.22. The van der Waals surface area contributed by atoms with Crippen molar-refractivity contribution in [1.82, 2.24) is 14.9 Å². The highest BCUT2D eigenvalue weighted by Gasteiger charge is 2.23. The first-order valence-electron chi connectivity index (χ1n) is 8.40. The molecule has 26 heavy (non-hydrogen) atoms. The van der Waals surface area contributed by atoms with Gasteiger partial charge in [-0.2, -0.15) is 4.98 Å². The number of piperidine rings is 1. The normalized spacial score (nSPS) is 15.2. The molecule has 1 aromatic carbocycles. The third-order valence-electron chi connectivity index (χ3n) is 4.12. The molecule has 0 bridgehead atoms. The van der Waals surface area contributed by atoms with E-state index in [1.165, 1.54) is 7.11 Å². The lowest BCUT2D eigenvalue weighted by Crippen LogP contribution is -2.41. The number of carbonyl (C=O) groups excluding carboxylic acids is 1. The van der Waals surface area contributed by atoms with Crippen LogP contribution in [0.25, 0.3) is 6.08 Å². The maximum Gasteiger partial charge on any atom is 0.319 e. The number of benzene rings is 1. The molecule has 0 aliphatic carbocycles. The molecule has 2 aromatic rings. The Balaban J connectivity index is 1.49. The molecule has 0 unspecified atom stereocenters. The van der Waals surface area contributed by atoms with Crippen LogP contribution in [-0.2, 0) is 4.79 Å². The molecule has 0 saturated carbocycles. The largest absolute Gasteiger partial charge is 0.474 e. The van der Waals surface area contributed by atoms with Crippen LogP contribution in [0, 0.1) is 0 Å². The second-order valence-electron chi connectivity index (χ2n) is 5.91. The summed E-state index contributed by atoms with van der Waals surface area (Å²) in [5.74, 6) is 0.492. The summed E-state index contributed by atoms with van der Waals surface area (Å²) >= 11 is 5.86. The van der Waals surface area contributed by atoms with E-state index in [9.17, 15) is 4.79 Å². The number of ether oxygens (including phenoxy) is 2. The number of hydrogen-bond acceptors (Lipinski definition) is 5. The molecule has 0 spiro atoms. The van der Waals surface area contributed by atoms with Crippen molar-refractivity contribution < 1.29 is 14.3 Å². The average molecular weight is 374 g/mol. The SMILES string of the molecule is COc1nccc(OC2CCN(C(=O)/C=C/c3ccc(Cl)cc3)CC2)n1. The molecule has 1 amide bonds. The summed E-state index contributed by atoms with van der Waals surface area (Å²) in [6.45, 7) is 1.30. The summed E-state index contributed by atoms with van der Waals surface area (Å²) in [5.41, 5.74) is 0.943. The molecule has 0 N–H and O–H groups in total. The second kappa shape index (κ2) is 8.67. The first kappa shape index (κ1) is 18.2. The fraction of sp³-hybridized carbons (Fsp3) is 0.316. The number of nitrogens with zero attached hydrogens (tertiary/aromatic N) is 3. The van der Waals surface area contributed by atoms with Gasteiger partial charge >= 0.3 is 6.01 Å². The molecule has 1 aromatic heterocycles. The molecule has 136 valence electrons. The third-order valence-corrected chi connectivity index (χ3v) is 4.37. The highest BCUT2D eigenvalue weighted by molar-refractivity contribution is 6.30. The number of likely N-dealkylation sites (tertiary alicyclic amines) is 1. The van der Waals surface area contributed by atoms with E-state index in [2.05, 4.69) is 9.97 Å². The van der Waals surface area contributed by atoms with Gasteiger partial charge in [0.05, 0.1) is 7.11 Å². The lowest BCUT2D eigenvalue weighted by atomic mass is 10.1. The van der Waals surface area contributed by atoms with Crippen molar-refractivity contribution in [2.75, 3.05) is 20.2 Å². The molecule has 6 nitrogen and oxygen atoms in total. The maximum absolute atomic E-state index is 12.3.